The van der Waals surface area contributed by atoms with Crippen molar-refractivity contribution in [3.05, 3.63) is 52.9 Å². The Bertz CT molecular complexity index is 951. The van der Waals surface area contributed by atoms with Gasteiger partial charge in [-0.05, 0) is 66.4 Å². The van der Waals surface area contributed by atoms with E-state index in [0.717, 1.165) is 35.4 Å². The fourth-order valence-electron chi connectivity index (χ4n) is 4.85. The average molecular weight is 397 g/mol. The van der Waals surface area contributed by atoms with Gasteiger partial charge in [0, 0.05) is 0 Å². The maximum absolute atomic E-state index is 12.1. The van der Waals surface area contributed by atoms with Crippen molar-refractivity contribution in [3.63, 3.8) is 0 Å². The highest BCUT2D eigenvalue weighted by molar-refractivity contribution is 5.90. The molecule has 0 unspecified atom stereocenters. The number of esters is 1. The summed E-state index contributed by atoms with van der Waals surface area (Å²) >= 11 is 0. The molecule has 1 heterocycles. The lowest BCUT2D eigenvalue weighted by molar-refractivity contribution is 0.0525. The van der Waals surface area contributed by atoms with Gasteiger partial charge in [-0.2, -0.15) is 5.10 Å². The molecule has 0 fully saturated rings. The smallest absolute Gasteiger partial charge is 0.341 e. The first-order chi connectivity index (χ1) is 13.6. The third kappa shape index (κ3) is 4.15. The monoisotopic (exact) mass is 396 g/mol. The minimum atomic E-state index is -0.353. The van der Waals surface area contributed by atoms with Crippen molar-refractivity contribution in [3.8, 4) is 5.69 Å². The van der Waals surface area contributed by atoms with E-state index in [9.17, 15) is 9.90 Å². The molecular formula is C24H32N2O3. The van der Waals surface area contributed by atoms with Crippen LogP contribution in [-0.2, 0) is 4.74 Å². The lowest BCUT2D eigenvalue weighted by Crippen LogP contribution is -2.32. The number of aromatic nitrogens is 2. The Hall–Kier alpha value is -2.40. The van der Waals surface area contributed by atoms with Crippen molar-refractivity contribution in [1.29, 1.82) is 0 Å². The maximum Gasteiger partial charge on any atom is 0.341 e. The zero-order chi connectivity index (χ0) is 21.4. The molecule has 1 aliphatic rings. The Labute approximate surface area is 173 Å². The van der Waals surface area contributed by atoms with Gasteiger partial charge in [0.05, 0.1) is 30.8 Å². The number of carbonyl (C=O) groups excluding carboxylic acids is 1. The van der Waals surface area contributed by atoms with Gasteiger partial charge in [-0.15, -0.1) is 0 Å². The number of ether oxygens (including phenoxy) is 1. The van der Waals surface area contributed by atoms with Gasteiger partial charge < -0.3 is 9.84 Å². The van der Waals surface area contributed by atoms with Crippen LogP contribution < -0.4 is 0 Å². The summed E-state index contributed by atoms with van der Waals surface area (Å²) in [4.78, 5) is 12.1. The Morgan fingerprint density at radius 1 is 1.28 bits per heavy atom. The SMILES string of the molecule is CCOC(=O)c1cnn(-c2cccc(C3=C(CO)C(C)(C)CC(C)(C)C3)c2)c1C. The summed E-state index contributed by atoms with van der Waals surface area (Å²) in [5.74, 6) is -0.353. The molecule has 0 saturated carbocycles. The zero-order valence-electron chi connectivity index (χ0n) is 18.4. The van der Waals surface area contributed by atoms with Crippen LogP contribution in [0.3, 0.4) is 0 Å². The molecule has 0 amide bonds. The van der Waals surface area contributed by atoms with Crippen molar-refractivity contribution in [1.82, 2.24) is 9.78 Å². The highest BCUT2D eigenvalue weighted by atomic mass is 16.5. The molecule has 1 aliphatic carbocycles. The van der Waals surface area contributed by atoms with E-state index in [-0.39, 0.29) is 23.4 Å². The number of allylic oxidation sites excluding steroid dienone is 1. The normalized spacial score (nSPS) is 18.0. The summed E-state index contributed by atoms with van der Waals surface area (Å²) in [5, 5.41) is 14.6. The number of benzene rings is 1. The molecule has 29 heavy (non-hydrogen) atoms. The van der Waals surface area contributed by atoms with Crippen LogP contribution in [0.25, 0.3) is 11.3 Å². The summed E-state index contributed by atoms with van der Waals surface area (Å²) < 4.78 is 6.90. The molecule has 5 nitrogen and oxygen atoms in total. The predicted molar refractivity (Wildman–Crippen MR) is 115 cm³/mol. The Morgan fingerprint density at radius 2 is 2.00 bits per heavy atom. The molecule has 0 atom stereocenters. The Kier molecular flexibility index (Phi) is 5.72. The van der Waals surface area contributed by atoms with E-state index in [4.69, 9.17) is 4.74 Å². The molecule has 1 aromatic carbocycles. The molecular weight excluding hydrogens is 364 g/mol. The Balaban J connectivity index is 2.07. The van der Waals surface area contributed by atoms with E-state index < -0.39 is 0 Å². The van der Waals surface area contributed by atoms with E-state index >= 15 is 0 Å². The second-order valence-corrected chi connectivity index (χ2v) is 9.34. The summed E-state index contributed by atoms with van der Waals surface area (Å²) in [6.45, 7) is 13.1. The van der Waals surface area contributed by atoms with Crippen LogP contribution in [0, 0.1) is 17.8 Å². The van der Waals surface area contributed by atoms with Crippen molar-refractivity contribution in [2.45, 2.75) is 54.4 Å². The van der Waals surface area contributed by atoms with E-state index in [1.807, 2.05) is 19.1 Å². The van der Waals surface area contributed by atoms with E-state index in [1.54, 1.807) is 17.8 Å². The molecule has 0 aliphatic heterocycles. The van der Waals surface area contributed by atoms with Crippen LogP contribution in [0.15, 0.2) is 36.0 Å². The Morgan fingerprint density at radius 3 is 2.66 bits per heavy atom. The summed E-state index contributed by atoms with van der Waals surface area (Å²) in [5.41, 5.74) is 5.65. The molecule has 1 N–H and O–H groups in total. The van der Waals surface area contributed by atoms with Gasteiger partial charge in [0.2, 0.25) is 0 Å². The number of nitrogens with zero attached hydrogens (tertiary/aromatic N) is 2. The van der Waals surface area contributed by atoms with Crippen molar-refractivity contribution in [2.24, 2.45) is 10.8 Å². The van der Waals surface area contributed by atoms with Crippen LogP contribution in [0.5, 0.6) is 0 Å². The average Bonchev–Trinajstić information content (AvgIpc) is 3.01. The second kappa shape index (κ2) is 7.79. The topological polar surface area (TPSA) is 64.3 Å². The van der Waals surface area contributed by atoms with Gasteiger partial charge in [0.1, 0.15) is 5.56 Å². The largest absolute Gasteiger partial charge is 0.462 e. The van der Waals surface area contributed by atoms with Crippen LogP contribution in [-0.4, -0.2) is 34.1 Å². The molecule has 0 saturated heterocycles. The summed E-state index contributed by atoms with van der Waals surface area (Å²) in [7, 11) is 0. The molecule has 2 aromatic rings. The van der Waals surface area contributed by atoms with Crippen LogP contribution in [0.2, 0.25) is 0 Å². The van der Waals surface area contributed by atoms with Gasteiger partial charge in [-0.1, -0.05) is 39.8 Å². The second-order valence-electron chi connectivity index (χ2n) is 9.34. The standard InChI is InChI=1S/C24H32N2O3/c1-7-29-22(28)20-13-25-26(16(20)2)18-10-8-9-17(11-18)19-12-23(3,4)15-24(5,6)21(19)14-27/h8-11,13,27H,7,12,14-15H2,1-6H3. The summed E-state index contributed by atoms with van der Waals surface area (Å²) in [6, 6.07) is 8.18. The minimum Gasteiger partial charge on any atom is -0.462 e. The van der Waals surface area contributed by atoms with Gasteiger partial charge >= 0.3 is 5.97 Å². The summed E-state index contributed by atoms with van der Waals surface area (Å²) in [6.07, 6.45) is 3.52. The van der Waals surface area contributed by atoms with Crippen LogP contribution in [0.4, 0.5) is 0 Å². The van der Waals surface area contributed by atoms with Crippen molar-refractivity contribution in [2.75, 3.05) is 13.2 Å². The number of aliphatic hydroxyl groups excluding tert-OH is 1. The molecule has 0 spiro atoms. The van der Waals surface area contributed by atoms with E-state index in [0.29, 0.717) is 12.2 Å². The van der Waals surface area contributed by atoms with Gasteiger partial charge in [0.25, 0.3) is 0 Å². The fraction of sp³-hybridized carbons (Fsp3) is 0.500. The number of aliphatic hydroxyl groups is 1. The molecule has 156 valence electrons. The third-order valence-corrected chi connectivity index (χ3v) is 5.86. The molecule has 3 rings (SSSR count). The zero-order valence-corrected chi connectivity index (χ0v) is 18.4. The number of carbonyl (C=O) groups is 1. The van der Waals surface area contributed by atoms with Crippen molar-refractivity contribution >= 4 is 11.5 Å². The minimum absolute atomic E-state index is 0.0550. The number of rotatable bonds is 5. The lowest BCUT2D eigenvalue weighted by Gasteiger charge is -2.43. The highest BCUT2D eigenvalue weighted by Gasteiger charge is 2.39. The first-order valence-corrected chi connectivity index (χ1v) is 10.3. The first-order valence-electron chi connectivity index (χ1n) is 10.3. The maximum atomic E-state index is 12.1. The van der Waals surface area contributed by atoms with Crippen molar-refractivity contribution < 1.29 is 14.6 Å². The van der Waals surface area contributed by atoms with Crippen LogP contribution in [0.1, 0.15) is 69.1 Å². The van der Waals surface area contributed by atoms with E-state index in [2.05, 4.69) is 44.9 Å². The number of hydrogen-bond acceptors (Lipinski definition) is 4. The number of hydrogen-bond donors (Lipinski definition) is 1. The molecule has 0 bridgehead atoms. The van der Waals surface area contributed by atoms with Gasteiger partial charge in [-0.3, -0.25) is 0 Å². The first kappa shape index (κ1) is 21.3. The molecule has 1 aromatic heterocycles. The lowest BCUT2D eigenvalue weighted by atomic mass is 9.61. The third-order valence-electron chi connectivity index (χ3n) is 5.86. The molecule has 0 radical (unpaired) electrons. The highest BCUT2D eigenvalue weighted by Crippen LogP contribution is 2.51. The van der Waals surface area contributed by atoms with E-state index in [1.165, 1.54) is 5.57 Å². The van der Waals surface area contributed by atoms with Gasteiger partial charge in [0.15, 0.2) is 0 Å². The molecule has 5 heteroatoms. The fourth-order valence-corrected chi connectivity index (χ4v) is 4.85. The van der Waals surface area contributed by atoms with Gasteiger partial charge in [-0.25, -0.2) is 9.48 Å². The van der Waals surface area contributed by atoms with Crippen LogP contribution >= 0.6 is 0 Å². The predicted octanol–water partition coefficient (Wildman–Crippen LogP) is 4.95. The quantitative estimate of drug-likeness (QED) is 0.726.